The Morgan fingerprint density at radius 1 is 0.871 bits per heavy atom. The Bertz CT molecular complexity index is 1110. The molecule has 31 heavy (non-hydrogen) atoms. The van der Waals surface area contributed by atoms with Crippen molar-refractivity contribution in [2.75, 3.05) is 24.7 Å². The fourth-order valence-corrected chi connectivity index (χ4v) is 3.99. The van der Waals surface area contributed by atoms with Crippen LogP contribution >= 0.6 is 0 Å². The van der Waals surface area contributed by atoms with Crippen molar-refractivity contribution in [3.63, 3.8) is 0 Å². The monoisotopic (exact) mass is 438 g/mol. The highest BCUT2D eigenvalue weighted by Gasteiger charge is 2.13. The van der Waals surface area contributed by atoms with Crippen LogP contribution < -0.4 is 14.8 Å². The molecule has 3 aromatic rings. The van der Waals surface area contributed by atoms with Crippen LogP contribution in [0, 0.1) is 6.92 Å². The Kier molecular flexibility index (Phi) is 7.44. The van der Waals surface area contributed by atoms with Crippen molar-refractivity contribution in [3.8, 4) is 16.9 Å². The quantitative estimate of drug-likeness (QED) is 0.533. The molecule has 0 radical (unpaired) electrons. The van der Waals surface area contributed by atoms with Crippen LogP contribution in [0.5, 0.6) is 5.75 Å². The zero-order valence-electron chi connectivity index (χ0n) is 17.6. The zero-order chi connectivity index (χ0) is 22.3. The minimum absolute atomic E-state index is 0.0695. The third kappa shape index (κ3) is 6.94. The van der Waals surface area contributed by atoms with Gasteiger partial charge >= 0.3 is 0 Å². The second-order valence-electron chi connectivity index (χ2n) is 7.23. The summed E-state index contributed by atoms with van der Waals surface area (Å²) in [5.74, 6) is 0.296. The summed E-state index contributed by atoms with van der Waals surface area (Å²) in [5.41, 5.74) is 4.69. The third-order valence-corrected chi connectivity index (χ3v) is 6.15. The summed E-state index contributed by atoms with van der Waals surface area (Å²) >= 11 is 0. The van der Waals surface area contributed by atoms with E-state index in [0.29, 0.717) is 12.1 Å². The highest BCUT2D eigenvalue weighted by atomic mass is 32.2. The third-order valence-electron chi connectivity index (χ3n) is 4.82. The van der Waals surface area contributed by atoms with Gasteiger partial charge in [0.25, 0.3) is 0 Å². The molecular formula is C24H26N2O4S. The number of sulfonamides is 1. The van der Waals surface area contributed by atoms with E-state index in [2.05, 4.69) is 10.0 Å². The maximum absolute atomic E-state index is 12.2. The molecule has 0 spiro atoms. The zero-order valence-corrected chi connectivity index (χ0v) is 18.4. The molecule has 0 bridgehead atoms. The summed E-state index contributed by atoms with van der Waals surface area (Å²) in [6, 6.07) is 22.7. The lowest BCUT2D eigenvalue weighted by molar-refractivity contribution is -0.115. The largest absolute Gasteiger partial charge is 0.497 e. The number of carbonyl (C=O) groups is 1. The number of amides is 1. The molecule has 162 valence electrons. The number of nitrogens with one attached hydrogen (secondary N) is 2. The molecule has 0 fully saturated rings. The van der Waals surface area contributed by atoms with E-state index < -0.39 is 15.9 Å². The molecule has 0 aliphatic heterocycles. The fourth-order valence-electron chi connectivity index (χ4n) is 2.99. The lowest BCUT2D eigenvalue weighted by atomic mass is 10.1. The first-order chi connectivity index (χ1) is 14.8. The number of hydrogen-bond acceptors (Lipinski definition) is 4. The number of rotatable bonds is 9. The number of ether oxygens (including phenoxy) is 1. The van der Waals surface area contributed by atoms with E-state index in [0.717, 1.165) is 28.0 Å². The van der Waals surface area contributed by atoms with Gasteiger partial charge in [-0.15, -0.1) is 0 Å². The number of benzene rings is 3. The summed E-state index contributed by atoms with van der Waals surface area (Å²) in [7, 11) is -1.93. The number of methoxy groups -OCH3 is 1. The second kappa shape index (κ2) is 10.2. The molecule has 2 N–H and O–H groups in total. The Balaban J connectivity index is 1.48. The molecule has 0 unspecified atom stereocenters. The highest BCUT2D eigenvalue weighted by molar-refractivity contribution is 7.89. The number of anilines is 1. The van der Waals surface area contributed by atoms with Gasteiger partial charge in [-0.1, -0.05) is 54.1 Å². The van der Waals surface area contributed by atoms with Gasteiger partial charge in [0.2, 0.25) is 15.9 Å². The molecule has 7 heteroatoms. The van der Waals surface area contributed by atoms with Crippen LogP contribution in [0.15, 0.2) is 72.8 Å². The normalized spacial score (nSPS) is 11.2. The van der Waals surface area contributed by atoms with Crippen LogP contribution in [-0.2, 0) is 21.2 Å². The summed E-state index contributed by atoms with van der Waals surface area (Å²) in [4.78, 5) is 12.1. The minimum atomic E-state index is -3.55. The van der Waals surface area contributed by atoms with E-state index in [1.165, 1.54) is 0 Å². The molecule has 3 aromatic carbocycles. The summed E-state index contributed by atoms with van der Waals surface area (Å²) in [6.45, 7) is 1.67. The average Bonchev–Trinajstić information content (AvgIpc) is 2.78. The molecule has 0 aliphatic rings. The van der Waals surface area contributed by atoms with E-state index in [9.17, 15) is 13.2 Å². The fraction of sp³-hybridized carbons (Fsp3) is 0.208. The predicted octanol–water partition coefficient (Wildman–Crippen LogP) is 3.77. The molecule has 6 nitrogen and oxygen atoms in total. The van der Waals surface area contributed by atoms with Gasteiger partial charge in [0.05, 0.1) is 19.4 Å². The van der Waals surface area contributed by atoms with Crippen LogP contribution in [0.4, 0.5) is 5.69 Å². The Morgan fingerprint density at radius 3 is 2.03 bits per heavy atom. The summed E-state index contributed by atoms with van der Waals surface area (Å²) < 4.78 is 31.9. The van der Waals surface area contributed by atoms with Gasteiger partial charge in [-0.25, -0.2) is 13.1 Å². The standard InChI is InChI=1S/C24H26N2O4S/c1-18-3-5-19(6-4-18)15-16-31(28,29)25-17-24(27)26-22-11-7-20(8-12-22)21-9-13-23(30-2)14-10-21/h3-14,25H,15-17H2,1-2H3,(H,26,27). The van der Waals surface area contributed by atoms with E-state index in [4.69, 9.17) is 4.74 Å². The van der Waals surface area contributed by atoms with Crippen LogP contribution in [0.25, 0.3) is 11.1 Å². The van der Waals surface area contributed by atoms with Crippen LogP contribution in [-0.4, -0.2) is 33.7 Å². The Labute approximate surface area is 183 Å². The lowest BCUT2D eigenvalue weighted by Crippen LogP contribution is -2.34. The van der Waals surface area contributed by atoms with Crippen LogP contribution in [0.2, 0.25) is 0 Å². The van der Waals surface area contributed by atoms with Gasteiger partial charge in [-0.05, 0) is 54.3 Å². The smallest absolute Gasteiger partial charge is 0.239 e. The first kappa shape index (κ1) is 22.5. The van der Waals surface area contributed by atoms with E-state index >= 15 is 0 Å². The molecular weight excluding hydrogens is 412 g/mol. The van der Waals surface area contributed by atoms with Gasteiger partial charge in [0, 0.05) is 5.69 Å². The van der Waals surface area contributed by atoms with E-state index in [1.807, 2.05) is 67.6 Å². The van der Waals surface area contributed by atoms with E-state index in [1.54, 1.807) is 19.2 Å². The maximum atomic E-state index is 12.2. The van der Waals surface area contributed by atoms with Crippen molar-refractivity contribution < 1.29 is 17.9 Å². The van der Waals surface area contributed by atoms with Gasteiger partial charge in [-0.2, -0.15) is 0 Å². The second-order valence-corrected chi connectivity index (χ2v) is 9.16. The molecule has 0 aromatic heterocycles. The number of hydrogen-bond donors (Lipinski definition) is 2. The van der Waals surface area contributed by atoms with Crippen molar-refractivity contribution in [2.45, 2.75) is 13.3 Å². The predicted molar refractivity (Wildman–Crippen MR) is 124 cm³/mol. The topological polar surface area (TPSA) is 84.5 Å². The molecule has 1 amide bonds. The highest BCUT2D eigenvalue weighted by Crippen LogP contribution is 2.23. The number of aryl methyl sites for hydroxylation is 2. The first-order valence-corrected chi connectivity index (χ1v) is 11.6. The molecule has 0 aliphatic carbocycles. The summed E-state index contributed by atoms with van der Waals surface area (Å²) in [6.07, 6.45) is 0.393. The van der Waals surface area contributed by atoms with Crippen molar-refractivity contribution >= 4 is 21.6 Å². The molecule has 0 heterocycles. The average molecular weight is 439 g/mol. The van der Waals surface area contributed by atoms with Gasteiger partial charge in [0.15, 0.2) is 0 Å². The van der Waals surface area contributed by atoms with Crippen molar-refractivity contribution in [2.24, 2.45) is 0 Å². The van der Waals surface area contributed by atoms with Crippen molar-refractivity contribution in [1.29, 1.82) is 0 Å². The maximum Gasteiger partial charge on any atom is 0.239 e. The van der Waals surface area contributed by atoms with E-state index in [-0.39, 0.29) is 12.3 Å². The van der Waals surface area contributed by atoms with Gasteiger partial charge in [0.1, 0.15) is 5.75 Å². The molecule has 0 saturated carbocycles. The van der Waals surface area contributed by atoms with Crippen LogP contribution in [0.3, 0.4) is 0 Å². The minimum Gasteiger partial charge on any atom is -0.497 e. The van der Waals surface area contributed by atoms with Crippen molar-refractivity contribution in [1.82, 2.24) is 4.72 Å². The molecule has 3 rings (SSSR count). The molecule has 0 saturated heterocycles. The van der Waals surface area contributed by atoms with Gasteiger partial charge in [-0.3, -0.25) is 4.79 Å². The van der Waals surface area contributed by atoms with Crippen molar-refractivity contribution in [3.05, 3.63) is 83.9 Å². The number of carbonyl (C=O) groups excluding carboxylic acids is 1. The summed E-state index contributed by atoms with van der Waals surface area (Å²) in [5, 5.41) is 2.71. The Morgan fingerprint density at radius 2 is 1.45 bits per heavy atom. The lowest BCUT2D eigenvalue weighted by Gasteiger charge is -2.09. The van der Waals surface area contributed by atoms with Gasteiger partial charge < -0.3 is 10.1 Å². The SMILES string of the molecule is COc1ccc(-c2ccc(NC(=O)CNS(=O)(=O)CCc3ccc(C)cc3)cc2)cc1. The Hall–Kier alpha value is -3.16. The first-order valence-electron chi connectivity index (χ1n) is 9.92. The van der Waals surface area contributed by atoms with Crippen LogP contribution in [0.1, 0.15) is 11.1 Å². The molecule has 0 atom stereocenters.